The van der Waals surface area contributed by atoms with Gasteiger partial charge < -0.3 is 19.6 Å². The summed E-state index contributed by atoms with van der Waals surface area (Å²) in [7, 11) is 0. The summed E-state index contributed by atoms with van der Waals surface area (Å²) < 4.78 is 10.6. The average molecular weight is 295 g/mol. The second-order valence-corrected chi connectivity index (χ2v) is 5.54. The third kappa shape index (κ3) is 3.87. The Hall–Kier alpha value is -2.24. The molecule has 0 aliphatic rings. The summed E-state index contributed by atoms with van der Waals surface area (Å²) in [5, 5.41) is 9.18. The molecule has 0 spiro atoms. The van der Waals surface area contributed by atoms with E-state index in [0.29, 0.717) is 17.7 Å². The van der Waals surface area contributed by atoms with Gasteiger partial charge in [-0.2, -0.15) is 0 Å². The number of aromatic carboxylic acids is 1. The van der Waals surface area contributed by atoms with Crippen LogP contribution >= 0.6 is 0 Å². The lowest BCUT2D eigenvalue weighted by atomic mass is 10.1. The minimum atomic E-state index is -1.16. The Morgan fingerprint density at radius 3 is 2.29 bits per heavy atom. The van der Waals surface area contributed by atoms with E-state index in [0.717, 1.165) is 0 Å². The van der Waals surface area contributed by atoms with Crippen LogP contribution in [-0.4, -0.2) is 34.2 Å². The third-order valence-corrected chi connectivity index (χ3v) is 2.66. The van der Waals surface area contributed by atoms with E-state index in [1.54, 1.807) is 34.6 Å². The molecule has 0 aliphatic heterocycles. The van der Waals surface area contributed by atoms with Gasteiger partial charge in [0.1, 0.15) is 22.7 Å². The molecule has 0 radical (unpaired) electrons. The molecule has 21 heavy (non-hydrogen) atoms. The molecular weight excluding hydrogens is 274 g/mol. The number of carbonyl (C=O) groups is 2. The number of carboxylic acid groups (broad SMARTS) is 1. The van der Waals surface area contributed by atoms with Crippen molar-refractivity contribution in [3.63, 3.8) is 0 Å². The molecule has 0 saturated heterocycles. The van der Waals surface area contributed by atoms with Crippen LogP contribution in [0.25, 0.3) is 5.76 Å². The van der Waals surface area contributed by atoms with E-state index in [2.05, 4.69) is 11.6 Å². The quantitative estimate of drug-likeness (QED) is 0.644. The molecule has 1 aromatic rings. The summed E-state index contributed by atoms with van der Waals surface area (Å²) in [6.07, 6.45) is 0. The van der Waals surface area contributed by atoms with E-state index < -0.39 is 17.5 Å². The van der Waals surface area contributed by atoms with E-state index in [1.165, 1.54) is 0 Å². The van der Waals surface area contributed by atoms with Crippen molar-refractivity contribution < 1.29 is 24.2 Å². The first-order valence-corrected chi connectivity index (χ1v) is 6.59. The fraction of sp³-hybridized carbons (Fsp3) is 0.467. The summed E-state index contributed by atoms with van der Waals surface area (Å²) in [5.41, 5.74) is -0.000683. The van der Waals surface area contributed by atoms with E-state index in [1.807, 2.05) is 0 Å². The SMILES string of the molecule is C=C(OCC)c1c(C(=O)OC(C)(C)C)[nH]c(C(=O)O)c1C. The number of carboxylic acids is 1. The predicted molar refractivity (Wildman–Crippen MR) is 78.3 cm³/mol. The molecule has 6 nitrogen and oxygen atoms in total. The number of esters is 1. The monoisotopic (exact) mass is 295 g/mol. The van der Waals surface area contributed by atoms with Gasteiger partial charge in [0.05, 0.1) is 12.2 Å². The van der Waals surface area contributed by atoms with E-state index in [4.69, 9.17) is 9.47 Å². The van der Waals surface area contributed by atoms with Crippen LogP contribution in [0.3, 0.4) is 0 Å². The van der Waals surface area contributed by atoms with E-state index >= 15 is 0 Å². The maximum atomic E-state index is 12.2. The summed E-state index contributed by atoms with van der Waals surface area (Å²) in [4.78, 5) is 26.1. The van der Waals surface area contributed by atoms with Gasteiger partial charge in [-0.25, -0.2) is 9.59 Å². The first-order valence-electron chi connectivity index (χ1n) is 6.59. The largest absolute Gasteiger partial charge is 0.494 e. The Balaban J connectivity index is 3.36. The number of hydrogen-bond donors (Lipinski definition) is 2. The summed E-state index contributed by atoms with van der Waals surface area (Å²) in [6.45, 7) is 12.7. The highest BCUT2D eigenvalue weighted by atomic mass is 16.6. The van der Waals surface area contributed by atoms with Crippen LogP contribution < -0.4 is 0 Å². The van der Waals surface area contributed by atoms with Crippen molar-refractivity contribution in [3.8, 4) is 0 Å². The number of H-pyrrole nitrogens is 1. The van der Waals surface area contributed by atoms with Gasteiger partial charge in [0.25, 0.3) is 0 Å². The molecule has 1 rings (SSSR count). The number of nitrogens with one attached hydrogen (secondary N) is 1. The Morgan fingerprint density at radius 2 is 1.86 bits per heavy atom. The predicted octanol–water partition coefficient (Wildman–Crippen LogP) is 2.98. The van der Waals surface area contributed by atoms with Gasteiger partial charge in [0.15, 0.2) is 0 Å². The first-order chi connectivity index (χ1) is 9.58. The Kier molecular flexibility index (Phi) is 4.83. The standard InChI is InChI=1S/C15H21NO5/c1-7-20-9(3)10-8(2)11(13(17)18)16-12(10)14(19)21-15(4,5)6/h16H,3,7H2,1-2,4-6H3,(H,17,18). The fourth-order valence-electron chi connectivity index (χ4n) is 1.88. The van der Waals surface area contributed by atoms with Crippen LogP contribution in [0.4, 0.5) is 0 Å². The fourth-order valence-corrected chi connectivity index (χ4v) is 1.88. The molecule has 0 saturated carbocycles. The Bertz CT molecular complexity index is 578. The van der Waals surface area contributed by atoms with Crippen LogP contribution in [-0.2, 0) is 9.47 Å². The van der Waals surface area contributed by atoms with Crippen molar-refractivity contribution in [2.45, 2.75) is 40.2 Å². The molecule has 116 valence electrons. The maximum absolute atomic E-state index is 12.2. The van der Waals surface area contributed by atoms with Gasteiger partial charge in [-0.1, -0.05) is 6.58 Å². The van der Waals surface area contributed by atoms with Crippen LogP contribution in [0, 0.1) is 6.92 Å². The smallest absolute Gasteiger partial charge is 0.356 e. The van der Waals surface area contributed by atoms with Gasteiger partial charge in [-0.15, -0.1) is 0 Å². The number of aromatic amines is 1. The lowest BCUT2D eigenvalue weighted by Crippen LogP contribution is -2.24. The van der Waals surface area contributed by atoms with Crippen molar-refractivity contribution in [2.75, 3.05) is 6.61 Å². The molecule has 6 heteroatoms. The van der Waals surface area contributed by atoms with Crippen LogP contribution in [0.1, 0.15) is 59.8 Å². The van der Waals surface area contributed by atoms with Gasteiger partial charge in [-0.3, -0.25) is 0 Å². The van der Waals surface area contributed by atoms with E-state index in [-0.39, 0.29) is 17.1 Å². The van der Waals surface area contributed by atoms with E-state index in [9.17, 15) is 14.7 Å². The van der Waals surface area contributed by atoms with Gasteiger partial charge in [0, 0.05) is 0 Å². The molecule has 0 aliphatic carbocycles. The minimum Gasteiger partial charge on any atom is -0.494 e. The highest BCUT2D eigenvalue weighted by Crippen LogP contribution is 2.27. The first kappa shape index (κ1) is 16.8. The second-order valence-electron chi connectivity index (χ2n) is 5.54. The zero-order chi connectivity index (χ0) is 16.4. The lowest BCUT2D eigenvalue weighted by molar-refractivity contribution is 0.00626. The molecule has 1 aromatic heterocycles. The Labute approximate surface area is 123 Å². The van der Waals surface area contributed by atoms with Crippen LogP contribution in [0.2, 0.25) is 0 Å². The average Bonchev–Trinajstić information content (AvgIpc) is 2.65. The molecule has 0 aromatic carbocycles. The van der Waals surface area contributed by atoms with Crippen LogP contribution in [0.5, 0.6) is 0 Å². The zero-order valence-electron chi connectivity index (χ0n) is 13.0. The number of rotatable bonds is 5. The number of aromatic nitrogens is 1. The maximum Gasteiger partial charge on any atom is 0.356 e. The van der Waals surface area contributed by atoms with Gasteiger partial charge in [0.2, 0.25) is 0 Å². The zero-order valence-corrected chi connectivity index (χ0v) is 13.0. The molecular formula is C15H21NO5. The third-order valence-electron chi connectivity index (χ3n) is 2.66. The van der Waals surface area contributed by atoms with Crippen molar-refractivity contribution in [2.24, 2.45) is 0 Å². The van der Waals surface area contributed by atoms with Crippen molar-refractivity contribution in [1.29, 1.82) is 0 Å². The summed E-state index contributed by atoms with van der Waals surface area (Å²) in [6, 6.07) is 0. The normalized spacial score (nSPS) is 11.1. The van der Waals surface area contributed by atoms with Gasteiger partial charge in [-0.05, 0) is 40.2 Å². The number of hydrogen-bond acceptors (Lipinski definition) is 4. The number of ether oxygens (including phenoxy) is 2. The molecule has 0 unspecified atom stereocenters. The topological polar surface area (TPSA) is 88.6 Å². The molecule has 0 amide bonds. The van der Waals surface area contributed by atoms with Gasteiger partial charge >= 0.3 is 11.9 Å². The van der Waals surface area contributed by atoms with Crippen molar-refractivity contribution in [3.05, 3.63) is 29.1 Å². The molecule has 0 fully saturated rings. The lowest BCUT2D eigenvalue weighted by Gasteiger charge is -2.19. The minimum absolute atomic E-state index is 0.0401. The summed E-state index contributed by atoms with van der Waals surface area (Å²) >= 11 is 0. The number of carbonyl (C=O) groups excluding carboxylic acids is 1. The van der Waals surface area contributed by atoms with Crippen molar-refractivity contribution in [1.82, 2.24) is 4.98 Å². The second kappa shape index (κ2) is 6.03. The summed E-state index contributed by atoms with van der Waals surface area (Å²) in [5.74, 6) is -1.57. The molecule has 0 bridgehead atoms. The molecule has 2 N–H and O–H groups in total. The molecule has 1 heterocycles. The Morgan fingerprint density at radius 1 is 1.29 bits per heavy atom. The molecule has 0 atom stereocenters. The van der Waals surface area contributed by atoms with Crippen molar-refractivity contribution >= 4 is 17.7 Å². The highest BCUT2D eigenvalue weighted by Gasteiger charge is 2.28. The van der Waals surface area contributed by atoms with Crippen LogP contribution in [0.15, 0.2) is 6.58 Å². The highest BCUT2D eigenvalue weighted by molar-refractivity contribution is 5.98.